The van der Waals surface area contributed by atoms with Crippen LogP contribution in [0.15, 0.2) is 41.7 Å². The summed E-state index contributed by atoms with van der Waals surface area (Å²) in [4.78, 5) is 4.21. The summed E-state index contributed by atoms with van der Waals surface area (Å²) in [5, 5.41) is 6.18. The lowest BCUT2D eigenvalue weighted by Crippen LogP contribution is -1.97. The topological polar surface area (TPSA) is 36.4 Å². The van der Waals surface area contributed by atoms with Gasteiger partial charge in [-0.1, -0.05) is 6.58 Å². The van der Waals surface area contributed by atoms with Gasteiger partial charge < -0.3 is 10.6 Å². The van der Waals surface area contributed by atoms with Crippen molar-refractivity contribution in [2.45, 2.75) is 13.8 Å². The highest BCUT2D eigenvalue weighted by Gasteiger charge is 1.94. The van der Waals surface area contributed by atoms with E-state index in [1.165, 1.54) is 0 Å². The molecule has 0 radical (unpaired) electrons. The van der Waals surface area contributed by atoms with Crippen molar-refractivity contribution in [3.8, 4) is 0 Å². The Balaban J connectivity index is 2.65. The highest BCUT2D eigenvalue weighted by molar-refractivity contribution is 5.80. The fraction of sp³-hybridized carbons (Fsp3) is 0.250. The van der Waals surface area contributed by atoms with Gasteiger partial charge in [0, 0.05) is 24.1 Å². The quantitative estimate of drug-likeness (QED) is 0.738. The molecular formula is C12H17N3. The molecule has 80 valence electrons. The van der Waals surface area contributed by atoms with E-state index in [1.54, 1.807) is 0 Å². The minimum Gasteiger partial charge on any atom is -0.388 e. The van der Waals surface area contributed by atoms with E-state index in [2.05, 4.69) is 22.2 Å². The molecule has 0 unspecified atom stereocenters. The Bertz CT molecular complexity index is 359. The highest BCUT2D eigenvalue weighted by atomic mass is 15.0. The minimum atomic E-state index is 0.659. The Morgan fingerprint density at radius 2 is 1.67 bits per heavy atom. The first-order valence-corrected chi connectivity index (χ1v) is 4.87. The summed E-state index contributed by atoms with van der Waals surface area (Å²) in [6, 6.07) is 7.96. The Kier molecular flexibility index (Phi) is 3.92. The standard InChI is InChI=1S/C12H17N3/c1-9(2)14-10(3)15-12-7-5-11(13-4)6-8-12/h5-8,13,15H,3H2,1-2,4H3. The minimum absolute atomic E-state index is 0.659. The van der Waals surface area contributed by atoms with Crippen molar-refractivity contribution in [1.29, 1.82) is 0 Å². The summed E-state index contributed by atoms with van der Waals surface area (Å²) in [5.41, 5.74) is 3.06. The van der Waals surface area contributed by atoms with E-state index in [4.69, 9.17) is 0 Å². The molecule has 2 N–H and O–H groups in total. The van der Waals surface area contributed by atoms with Gasteiger partial charge in [0.1, 0.15) is 5.82 Å². The van der Waals surface area contributed by atoms with Crippen LogP contribution in [-0.4, -0.2) is 12.8 Å². The average molecular weight is 203 g/mol. The molecule has 0 atom stereocenters. The molecular weight excluding hydrogens is 186 g/mol. The molecule has 0 spiro atoms. The molecule has 0 bridgehead atoms. The highest BCUT2D eigenvalue weighted by Crippen LogP contribution is 2.14. The third-order valence-corrected chi connectivity index (χ3v) is 1.82. The molecule has 0 amide bonds. The van der Waals surface area contributed by atoms with Crippen molar-refractivity contribution >= 4 is 17.1 Å². The maximum atomic E-state index is 4.21. The Morgan fingerprint density at radius 3 is 2.13 bits per heavy atom. The molecule has 1 rings (SSSR count). The summed E-state index contributed by atoms with van der Waals surface area (Å²) in [6.07, 6.45) is 0. The van der Waals surface area contributed by atoms with Crippen LogP contribution in [0.3, 0.4) is 0 Å². The predicted octanol–water partition coefficient (Wildman–Crippen LogP) is 3.09. The van der Waals surface area contributed by atoms with Gasteiger partial charge in [0.2, 0.25) is 0 Å². The second-order valence-corrected chi connectivity index (χ2v) is 3.46. The second kappa shape index (κ2) is 5.20. The van der Waals surface area contributed by atoms with Crippen LogP contribution in [0.5, 0.6) is 0 Å². The van der Waals surface area contributed by atoms with E-state index in [0.717, 1.165) is 17.1 Å². The van der Waals surface area contributed by atoms with Crippen LogP contribution in [-0.2, 0) is 0 Å². The van der Waals surface area contributed by atoms with E-state index in [9.17, 15) is 0 Å². The van der Waals surface area contributed by atoms with Crippen LogP contribution >= 0.6 is 0 Å². The lowest BCUT2D eigenvalue weighted by atomic mass is 10.3. The van der Waals surface area contributed by atoms with E-state index in [1.807, 2.05) is 45.2 Å². The molecule has 0 aliphatic rings. The lowest BCUT2D eigenvalue weighted by Gasteiger charge is -2.06. The molecule has 0 aliphatic carbocycles. The number of rotatable bonds is 4. The number of aliphatic imine (C=N–C) groups is 1. The number of hydrogen-bond donors (Lipinski definition) is 2. The SMILES string of the molecule is C=C(N=C(C)C)Nc1ccc(NC)cc1. The summed E-state index contributed by atoms with van der Waals surface area (Å²) >= 11 is 0. The van der Waals surface area contributed by atoms with Gasteiger partial charge in [-0.3, -0.25) is 0 Å². The predicted molar refractivity (Wildman–Crippen MR) is 67.5 cm³/mol. The largest absolute Gasteiger partial charge is 0.388 e. The van der Waals surface area contributed by atoms with E-state index >= 15 is 0 Å². The summed E-state index contributed by atoms with van der Waals surface area (Å²) in [5.74, 6) is 0.659. The molecule has 3 nitrogen and oxygen atoms in total. The molecule has 0 heterocycles. The van der Waals surface area contributed by atoms with Gasteiger partial charge >= 0.3 is 0 Å². The maximum Gasteiger partial charge on any atom is 0.122 e. The van der Waals surface area contributed by atoms with Crippen LogP contribution in [0.2, 0.25) is 0 Å². The van der Waals surface area contributed by atoms with Crippen LogP contribution in [0, 0.1) is 0 Å². The van der Waals surface area contributed by atoms with Crippen LogP contribution < -0.4 is 10.6 Å². The van der Waals surface area contributed by atoms with Gasteiger partial charge in [-0.2, -0.15) is 0 Å². The van der Waals surface area contributed by atoms with Gasteiger partial charge in [-0.05, 0) is 38.1 Å². The van der Waals surface area contributed by atoms with Crippen molar-refractivity contribution < 1.29 is 0 Å². The van der Waals surface area contributed by atoms with E-state index < -0.39 is 0 Å². The summed E-state index contributed by atoms with van der Waals surface area (Å²) in [6.45, 7) is 7.70. The normalized spacial score (nSPS) is 9.27. The average Bonchev–Trinajstić information content (AvgIpc) is 2.17. The first-order chi connectivity index (χ1) is 7.11. The van der Waals surface area contributed by atoms with Crippen LogP contribution in [0.4, 0.5) is 11.4 Å². The fourth-order valence-corrected chi connectivity index (χ4v) is 1.18. The van der Waals surface area contributed by atoms with Gasteiger partial charge in [-0.15, -0.1) is 0 Å². The number of benzene rings is 1. The molecule has 0 saturated carbocycles. The van der Waals surface area contributed by atoms with Gasteiger partial charge in [0.05, 0.1) is 0 Å². The monoisotopic (exact) mass is 203 g/mol. The van der Waals surface area contributed by atoms with Crippen molar-refractivity contribution in [3.05, 3.63) is 36.7 Å². The first kappa shape index (κ1) is 11.3. The molecule has 1 aromatic carbocycles. The van der Waals surface area contributed by atoms with Gasteiger partial charge in [0.15, 0.2) is 0 Å². The molecule has 0 saturated heterocycles. The van der Waals surface area contributed by atoms with Crippen LogP contribution in [0.1, 0.15) is 13.8 Å². The second-order valence-electron chi connectivity index (χ2n) is 3.46. The van der Waals surface area contributed by atoms with Crippen molar-refractivity contribution in [3.63, 3.8) is 0 Å². The van der Waals surface area contributed by atoms with Crippen molar-refractivity contribution in [2.75, 3.05) is 17.7 Å². The molecule has 15 heavy (non-hydrogen) atoms. The summed E-state index contributed by atoms with van der Waals surface area (Å²) < 4.78 is 0. The summed E-state index contributed by atoms with van der Waals surface area (Å²) in [7, 11) is 1.89. The lowest BCUT2D eigenvalue weighted by molar-refractivity contribution is 1.30. The van der Waals surface area contributed by atoms with Gasteiger partial charge in [0.25, 0.3) is 0 Å². The zero-order chi connectivity index (χ0) is 11.3. The van der Waals surface area contributed by atoms with Gasteiger partial charge in [-0.25, -0.2) is 4.99 Å². The number of anilines is 2. The third-order valence-electron chi connectivity index (χ3n) is 1.82. The first-order valence-electron chi connectivity index (χ1n) is 4.87. The van der Waals surface area contributed by atoms with E-state index in [0.29, 0.717) is 5.82 Å². The molecule has 0 aliphatic heterocycles. The Labute approximate surface area is 90.9 Å². The zero-order valence-corrected chi connectivity index (χ0v) is 9.46. The Hall–Kier alpha value is -1.77. The number of nitrogens with one attached hydrogen (secondary N) is 2. The number of nitrogens with zero attached hydrogens (tertiary/aromatic N) is 1. The molecule has 0 fully saturated rings. The van der Waals surface area contributed by atoms with Crippen molar-refractivity contribution in [1.82, 2.24) is 0 Å². The van der Waals surface area contributed by atoms with E-state index in [-0.39, 0.29) is 0 Å². The molecule has 1 aromatic rings. The van der Waals surface area contributed by atoms with Crippen molar-refractivity contribution in [2.24, 2.45) is 4.99 Å². The van der Waals surface area contributed by atoms with Crippen LogP contribution in [0.25, 0.3) is 0 Å². The fourth-order valence-electron chi connectivity index (χ4n) is 1.18. The molecule has 0 aromatic heterocycles. The Morgan fingerprint density at radius 1 is 1.13 bits per heavy atom. The number of hydrogen-bond acceptors (Lipinski definition) is 3. The third kappa shape index (κ3) is 3.85. The maximum absolute atomic E-state index is 4.21. The molecule has 3 heteroatoms. The smallest absolute Gasteiger partial charge is 0.122 e. The zero-order valence-electron chi connectivity index (χ0n) is 9.46.